The van der Waals surface area contributed by atoms with Crippen LogP contribution in [-0.2, 0) is 21.8 Å². The van der Waals surface area contributed by atoms with Crippen molar-refractivity contribution in [3.8, 4) is 0 Å². The number of nitrogens with one attached hydrogen (secondary N) is 2. The Bertz CT molecular complexity index is 1250. The van der Waals surface area contributed by atoms with Gasteiger partial charge in [0.05, 0.1) is 0 Å². The smallest absolute Gasteiger partial charge is 0.332 e. The predicted octanol–water partition coefficient (Wildman–Crippen LogP) is 7.43. The van der Waals surface area contributed by atoms with Crippen molar-refractivity contribution in [3.63, 3.8) is 0 Å². The zero-order valence-electron chi connectivity index (χ0n) is 19.9. The van der Waals surface area contributed by atoms with Crippen LogP contribution < -0.4 is 10.6 Å². The highest BCUT2D eigenvalue weighted by atomic mass is 32.1. The molecule has 0 unspecified atom stereocenters. The highest BCUT2D eigenvalue weighted by Crippen LogP contribution is 2.54. The normalized spacial score (nSPS) is 13.6. The van der Waals surface area contributed by atoms with Crippen molar-refractivity contribution >= 4 is 28.9 Å². The molecule has 5 nitrogen and oxygen atoms in total. The van der Waals surface area contributed by atoms with Gasteiger partial charge in [-0.3, -0.25) is 10.1 Å². The highest BCUT2D eigenvalue weighted by molar-refractivity contribution is 7.80. The molecule has 2 aromatic rings. The molecule has 0 aliphatic heterocycles. The van der Waals surface area contributed by atoms with Gasteiger partial charge in [-0.05, 0) is 48.5 Å². The summed E-state index contributed by atoms with van der Waals surface area (Å²) in [6, 6.07) is 7.83. The van der Waals surface area contributed by atoms with Crippen molar-refractivity contribution in [2.75, 3.05) is 5.32 Å². The van der Waals surface area contributed by atoms with Crippen LogP contribution in [0.5, 0.6) is 0 Å². The van der Waals surface area contributed by atoms with E-state index in [2.05, 4.69) is 15.4 Å². The van der Waals surface area contributed by atoms with Crippen LogP contribution in [0, 0.1) is 0 Å². The molecule has 2 N–H and O–H groups in total. The van der Waals surface area contributed by atoms with Crippen molar-refractivity contribution in [2.24, 2.45) is 0 Å². The lowest BCUT2D eigenvalue weighted by atomic mass is 10.1. The summed E-state index contributed by atoms with van der Waals surface area (Å²) in [5, 5.41) is 3.68. The minimum Gasteiger partial charge on any atom is -0.332 e. The van der Waals surface area contributed by atoms with E-state index in [0.717, 1.165) is 11.6 Å². The lowest BCUT2D eigenvalue weighted by Crippen LogP contribution is -2.61. The summed E-state index contributed by atoms with van der Waals surface area (Å²) in [6.07, 6.45) is -27.3. The van der Waals surface area contributed by atoms with Crippen LogP contribution in [0.25, 0.3) is 0 Å². The molecule has 41 heavy (non-hydrogen) atoms. The summed E-state index contributed by atoms with van der Waals surface area (Å²) >= 11 is 4.81. The van der Waals surface area contributed by atoms with E-state index in [4.69, 9.17) is 12.2 Å². The Morgan fingerprint density at radius 2 is 1.32 bits per heavy atom. The number of rotatable bonds is 10. The molecule has 0 spiro atoms. The topological polar surface area (TPSA) is 59.6 Å². The van der Waals surface area contributed by atoms with Gasteiger partial charge in [-0.1, -0.05) is 31.2 Å². The van der Waals surface area contributed by atoms with Crippen LogP contribution in [-0.4, -0.2) is 41.6 Å². The average molecular weight is 634 g/mol. The molecule has 0 saturated carbocycles. The number of anilines is 1. The summed E-state index contributed by atoms with van der Waals surface area (Å²) in [6.45, 7) is 1.85. The van der Waals surface area contributed by atoms with E-state index in [9.17, 15) is 61.9 Å². The number of benzene rings is 2. The van der Waals surface area contributed by atoms with Gasteiger partial charge in [0.15, 0.2) is 5.11 Å². The molecular formula is C22H15F13N2O3S. The number of hydrogen-bond donors (Lipinski definition) is 2. The number of thiocarbonyl (C=S) groups is 1. The van der Waals surface area contributed by atoms with E-state index in [1.54, 1.807) is 16.9 Å². The quantitative estimate of drug-likeness (QED) is 0.210. The predicted molar refractivity (Wildman–Crippen MR) is 118 cm³/mol. The van der Waals surface area contributed by atoms with Gasteiger partial charge < -0.3 is 5.32 Å². The van der Waals surface area contributed by atoms with Crippen molar-refractivity contribution in [2.45, 2.75) is 49.9 Å². The van der Waals surface area contributed by atoms with Gasteiger partial charge in [0.25, 0.3) is 5.91 Å². The molecule has 0 bridgehead atoms. The van der Waals surface area contributed by atoms with Crippen LogP contribution in [0.1, 0.15) is 28.4 Å². The number of amides is 1. The first-order valence-electron chi connectivity index (χ1n) is 10.6. The Labute approximate surface area is 226 Å². The second-order valence-electron chi connectivity index (χ2n) is 7.89. The van der Waals surface area contributed by atoms with E-state index in [1.807, 2.05) is 6.92 Å². The van der Waals surface area contributed by atoms with E-state index >= 15 is 0 Å². The minimum absolute atomic E-state index is 0.104. The summed E-state index contributed by atoms with van der Waals surface area (Å²) < 4.78 is 176. The third-order valence-electron chi connectivity index (χ3n) is 4.93. The SMILES string of the molecule is CCc1ccc(C(=O)NC(=S)Nc2cccc(C(F)(F)C(F)(F)OC(F)(F)C(F)(F)C(F)(F)OC(F)(F)F)c2)cc1. The fraction of sp³-hybridized carbons (Fsp3) is 0.364. The Kier molecular flexibility index (Phi) is 9.62. The molecule has 0 fully saturated rings. The number of carbonyl (C=O) groups is 1. The molecule has 0 aromatic heterocycles. The lowest BCUT2D eigenvalue weighted by molar-refractivity contribution is -0.535. The number of ether oxygens (including phenoxy) is 2. The van der Waals surface area contributed by atoms with Crippen LogP contribution >= 0.6 is 12.2 Å². The second kappa shape index (κ2) is 11.6. The lowest BCUT2D eigenvalue weighted by Gasteiger charge is -2.35. The van der Waals surface area contributed by atoms with Crippen molar-refractivity contribution in [1.29, 1.82) is 0 Å². The Hall–Kier alpha value is -3.19. The first-order chi connectivity index (χ1) is 18.5. The molecule has 0 aliphatic rings. The van der Waals surface area contributed by atoms with E-state index in [1.165, 1.54) is 12.1 Å². The van der Waals surface area contributed by atoms with Gasteiger partial charge in [0.2, 0.25) is 0 Å². The van der Waals surface area contributed by atoms with Crippen molar-refractivity contribution in [3.05, 3.63) is 65.2 Å². The fourth-order valence-corrected chi connectivity index (χ4v) is 3.07. The van der Waals surface area contributed by atoms with Crippen molar-refractivity contribution in [1.82, 2.24) is 5.32 Å². The summed E-state index contributed by atoms with van der Waals surface area (Å²) in [5.74, 6) is -14.3. The maximum atomic E-state index is 14.4. The minimum atomic E-state index is -7.53. The summed E-state index contributed by atoms with van der Waals surface area (Å²) in [7, 11) is 0. The first-order valence-corrected chi connectivity index (χ1v) is 11.0. The van der Waals surface area contributed by atoms with Crippen LogP contribution in [0.2, 0.25) is 0 Å². The number of halogens is 13. The van der Waals surface area contributed by atoms with Crippen LogP contribution in [0.4, 0.5) is 62.8 Å². The molecule has 2 aromatic carbocycles. The van der Waals surface area contributed by atoms with E-state index < -0.39 is 58.8 Å². The third kappa shape index (κ3) is 7.76. The van der Waals surface area contributed by atoms with Gasteiger partial charge in [-0.25, -0.2) is 9.47 Å². The molecule has 0 saturated heterocycles. The standard InChI is InChI=1S/C22H15F13N2O3S/c1-2-11-6-8-12(9-7-11)15(38)37-16(41)36-14-5-3-4-13(10-14)17(23,24)19(27,28)39-20(29,30)18(25,26)21(31,32)40-22(33,34)35/h3-10H,2H2,1H3,(H2,36,37,38,41). The van der Waals surface area contributed by atoms with Crippen molar-refractivity contribution < 1.29 is 71.3 Å². The number of aryl methyl sites for hydroxylation is 1. The number of alkyl halides is 13. The highest BCUT2D eigenvalue weighted by Gasteiger charge is 2.80. The summed E-state index contributed by atoms with van der Waals surface area (Å²) in [4.78, 5) is 12.2. The van der Waals surface area contributed by atoms with Gasteiger partial charge in [0, 0.05) is 16.8 Å². The molecule has 228 valence electrons. The van der Waals surface area contributed by atoms with E-state index in [0.29, 0.717) is 12.5 Å². The maximum absolute atomic E-state index is 14.4. The molecule has 0 atom stereocenters. The Balaban J connectivity index is 2.23. The van der Waals surface area contributed by atoms with Crippen LogP contribution in [0.15, 0.2) is 48.5 Å². The molecule has 2 rings (SSSR count). The van der Waals surface area contributed by atoms with Gasteiger partial charge >= 0.3 is 36.5 Å². The van der Waals surface area contributed by atoms with Crippen LogP contribution in [0.3, 0.4) is 0 Å². The molecule has 0 radical (unpaired) electrons. The van der Waals surface area contributed by atoms with Gasteiger partial charge in [-0.2, -0.15) is 43.9 Å². The second-order valence-corrected chi connectivity index (χ2v) is 8.30. The maximum Gasteiger partial charge on any atom is 0.527 e. The van der Waals surface area contributed by atoms with E-state index in [-0.39, 0.29) is 17.7 Å². The molecule has 0 heterocycles. The molecular weight excluding hydrogens is 619 g/mol. The van der Waals surface area contributed by atoms with Gasteiger partial charge in [-0.15, -0.1) is 13.2 Å². The molecule has 1 amide bonds. The molecule has 19 heteroatoms. The third-order valence-corrected chi connectivity index (χ3v) is 5.14. The molecule has 0 aliphatic carbocycles. The largest absolute Gasteiger partial charge is 0.527 e. The zero-order chi connectivity index (χ0) is 31.7. The first kappa shape index (κ1) is 34.0. The Morgan fingerprint density at radius 3 is 1.83 bits per heavy atom. The van der Waals surface area contributed by atoms with Gasteiger partial charge in [0.1, 0.15) is 0 Å². The fourth-order valence-electron chi connectivity index (χ4n) is 2.86. The number of carbonyl (C=O) groups excluding carboxylic acids is 1. The monoisotopic (exact) mass is 634 g/mol. The summed E-state index contributed by atoms with van der Waals surface area (Å²) in [5.41, 5.74) is -1.54. The zero-order valence-corrected chi connectivity index (χ0v) is 20.7. The number of hydrogen-bond acceptors (Lipinski definition) is 4. The average Bonchev–Trinajstić information content (AvgIpc) is 2.81. The Morgan fingerprint density at radius 1 is 0.780 bits per heavy atom.